The number of hydrazone groups is 1. The van der Waals surface area contributed by atoms with E-state index in [4.69, 9.17) is 4.42 Å². The van der Waals surface area contributed by atoms with Gasteiger partial charge in [-0.1, -0.05) is 12.1 Å². The Morgan fingerprint density at radius 3 is 2.67 bits per heavy atom. The van der Waals surface area contributed by atoms with Gasteiger partial charge in [-0.2, -0.15) is 5.10 Å². The summed E-state index contributed by atoms with van der Waals surface area (Å²) in [5.74, 6) is 0.996. The second-order valence-corrected chi connectivity index (χ2v) is 6.34. The number of carbonyl (C=O) groups is 1. The molecule has 2 heterocycles. The number of rotatable bonds is 4. The summed E-state index contributed by atoms with van der Waals surface area (Å²) in [5, 5.41) is 3.91. The molecule has 0 unspecified atom stereocenters. The Labute approximate surface area is 152 Å². The van der Waals surface area contributed by atoms with Crippen LogP contribution in [-0.4, -0.2) is 17.1 Å². The van der Waals surface area contributed by atoms with Crippen LogP contribution in [0.2, 0.25) is 0 Å². The number of halogens is 1. The van der Waals surface area contributed by atoms with Crippen molar-refractivity contribution < 1.29 is 9.21 Å². The van der Waals surface area contributed by atoms with Crippen LogP contribution in [0.25, 0.3) is 11.3 Å². The molecule has 0 aliphatic carbocycles. The first kappa shape index (κ1) is 16.4. The lowest BCUT2D eigenvalue weighted by atomic mass is 10.2. The first-order valence-electron chi connectivity index (χ1n) is 7.24. The fourth-order valence-corrected chi connectivity index (χ4v) is 2.37. The van der Waals surface area contributed by atoms with Gasteiger partial charge in [-0.05, 0) is 65.9 Å². The average Bonchev–Trinajstić information content (AvgIpc) is 3.05. The van der Waals surface area contributed by atoms with E-state index in [9.17, 15) is 4.79 Å². The van der Waals surface area contributed by atoms with Crippen molar-refractivity contribution in [2.45, 2.75) is 6.92 Å². The van der Waals surface area contributed by atoms with Crippen molar-refractivity contribution in [2.24, 2.45) is 5.10 Å². The summed E-state index contributed by atoms with van der Waals surface area (Å²) in [6.45, 7) is 1.86. The maximum Gasteiger partial charge on any atom is 0.272 e. The van der Waals surface area contributed by atoms with Gasteiger partial charge in [0.1, 0.15) is 11.5 Å². The highest BCUT2D eigenvalue weighted by atomic mass is 127. The van der Waals surface area contributed by atoms with Crippen LogP contribution >= 0.6 is 22.6 Å². The van der Waals surface area contributed by atoms with E-state index in [2.05, 4.69) is 38.1 Å². The summed E-state index contributed by atoms with van der Waals surface area (Å²) in [7, 11) is 0. The zero-order valence-corrected chi connectivity index (χ0v) is 15.0. The van der Waals surface area contributed by atoms with Crippen molar-refractivity contribution in [1.82, 2.24) is 10.4 Å². The van der Waals surface area contributed by atoms with E-state index < -0.39 is 0 Å². The summed E-state index contributed by atoms with van der Waals surface area (Å²) in [5.41, 5.74) is 4.75. The Kier molecular flexibility index (Phi) is 5.05. The highest BCUT2D eigenvalue weighted by Crippen LogP contribution is 2.22. The van der Waals surface area contributed by atoms with E-state index in [1.165, 1.54) is 12.4 Å². The van der Waals surface area contributed by atoms with E-state index in [0.29, 0.717) is 11.3 Å². The molecule has 3 rings (SSSR count). The van der Waals surface area contributed by atoms with Gasteiger partial charge in [0.15, 0.2) is 0 Å². The van der Waals surface area contributed by atoms with Crippen molar-refractivity contribution in [3.8, 4) is 11.3 Å². The zero-order valence-electron chi connectivity index (χ0n) is 12.9. The highest BCUT2D eigenvalue weighted by molar-refractivity contribution is 14.1. The molecule has 1 N–H and O–H groups in total. The molecule has 1 aromatic carbocycles. The van der Waals surface area contributed by atoms with Crippen molar-refractivity contribution in [3.05, 3.63) is 75.3 Å². The van der Waals surface area contributed by atoms with Crippen LogP contribution < -0.4 is 5.43 Å². The molecule has 0 atom stereocenters. The maximum absolute atomic E-state index is 11.9. The van der Waals surface area contributed by atoms with Gasteiger partial charge >= 0.3 is 0 Å². The quantitative estimate of drug-likeness (QED) is 0.386. The first-order valence-corrected chi connectivity index (χ1v) is 8.31. The maximum atomic E-state index is 11.9. The van der Waals surface area contributed by atoms with Gasteiger partial charge in [-0.25, -0.2) is 5.43 Å². The van der Waals surface area contributed by atoms with Crippen LogP contribution in [0.5, 0.6) is 0 Å². The predicted molar refractivity (Wildman–Crippen MR) is 101 cm³/mol. The minimum atomic E-state index is -0.317. The number of pyridine rings is 1. The Balaban J connectivity index is 1.64. The lowest BCUT2D eigenvalue weighted by Crippen LogP contribution is -2.17. The third-order valence-electron chi connectivity index (χ3n) is 3.29. The number of nitrogens with zero attached hydrogens (tertiary/aromatic N) is 2. The third-order valence-corrected chi connectivity index (χ3v) is 4.01. The number of hydrogen-bond donors (Lipinski definition) is 1. The minimum Gasteiger partial charge on any atom is -0.455 e. The van der Waals surface area contributed by atoms with Gasteiger partial charge in [0, 0.05) is 21.0 Å². The second kappa shape index (κ2) is 7.39. The molecule has 0 radical (unpaired) electrons. The Morgan fingerprint density at radius 2 is 1.96 bits per heavy atom. The summed E-state index contributed by atoms with van der Waals surface area (Å²) < 4.78 is 6.86. The predicted octanol–water partition coefficient (Wildman–Crippen LogP) is 4.02. The molecule has 3 aromatic rings. The van der Waals surface area contributed by atoms with E-state index in [-0.39, 0.29) is 5.91 Å². The Bertz CT molecular complexity index is 868. The smallest absolute Gasteiger partial charge is 0.272 e. The normalized spacial score (nSPS) is 10.9. The number of aromatic nitrogens is 1. The molecule has 0 bridgehead atoms. The van der Waals surface area contributed by atoms with E-state index in [0.717, 1.165) is 20.6 Å². The fraction of sp³-hybridized carbons (Fsp3) is 0.0556. The number of aryl methyl sites for hydroxylation is 1. The SMILES string of the molecule is Cc1ccc(C(=O)N/N=C\c2ccc(-c3ccc(I)cc3)o2)cn1. The molecule has 2 aromatic heterocycles. The number of benzene rings is 1. The van der Waals surface area contributed by atoms with Gasteiger partial charge in [-0.15, -0.1) is 0 Å². The van der Waals surface area contributed by atoms with Gasteiger partial charge in [0.2, 0.25) is 0 Å². The largest absolute Gasteiger partial charge is 0.455 e. The second-order valence-electron chi connectivity index (χ2n) is 5.10. The van der Waals surface area contributed by atoms with Crippen LogP contribution in [0.4, 0.5) is 0 Å². The van der Waals surface area contributed by atoms with Crippen molar-refractivity contribution in [3.63, 3.8) is 0 Å². The van der Waals surface area contributed by atoms with Crippen molar-refractivity contribution >= 4 is 34.7 Å². The van der Waals surface area contributed by atoms with Crippen LogP contribution in [-0.2, 0) is 0 Å². The molecule has 0 spiro atoms. The number of furan rings is 1. The summed E-state index contributed by atoms with van der Waals surface area (Å²) in [4.78, 5) is 16.0. The van der Waals surface area contributed by atoms with Gasteiger partial charge in [0.25, 0.3) is 5.91 Å². The summed E-state index contributed by atoms with van der Waals surface area (Å²) in [6.07, 6.45) is 2.98. The molecule has 120 valence electrons. The number of nitrogens with one attached hydrogen (secondary N) is 1. The van der Waals surface area contributed by atoms with Gasteiger partial charge in [0.05, 0.1) is 11.8 Å². The lowest BCUT2D eigenvalue weighted by molar-refractivity contribution is 0.0954. The standard InChI is InChI=1S/C18H14IN3O2/c1-12-2-3-14(10-20-12)18(23)22-21-11-16-8-9-17(24-16)13-4-6-15(19)7-5-13/h2-11H,1H3,(H,22,23)/b21-11-. The van der Waals surface area contributed by atoms with Crippen LogP contribution in [0, 0.1) is 10.5 Å². The molecule has 6 heteroatoms. The molecule has 24 heavy (non-hydrogen) atoms. The molecule has 0 saturated heterocycles. The molecule has 0 fully saturated rings. The number of carbonyl (C=O) groups excluding carboxylic acids is 1. The van der Waals surface area contributed by atoms with Crippen LogP contribution in [0.15, 0.2) is 64.2 Å². The third kappa shape index (κ3) is 4.08. The van der Waals surface area contributed by atoms with Crippen molar-refractivity contribution in [2.75, 3.05) is 0 Å². The molecule has 0 aliphatic rings. The average molecular weight is 431 g/mol. The Morgan fingerprint density at radius 1 is 1.17 bits per heavy atom. The Hall–Kier alpha value is -2.48. The molecule has 0 saturated carbocycles. The molecule has 1 amide bonds. The topological polar surface area (TPSA) is 67.5 Å². The van der Waals surface area contributed by atoms with Gasteiger partial charge < -0.3 is 4.42 Å². The molecule has 0 aliphatic heterocycles. The van der Waals surface area contributed by atoms with Gasteiger partial charge in [-0.3, -0.25) is 9.78 Å². The number of hydrogen-bond acceptors (Lipinski definition) is 4. The van der Waals surface area contributed by atoms with E-state index >= 15 is 0 Å². The molecular weight excluding hydrogens is 417 g/mol. The lowest BCUT2D eigenvalue weighted by Gasteiger charge is -1.99. The van der Waals surface area contributed by atoms with Crippen LogP contribution in [0.3, 0.4) is 0 Å². The highest BCUT2D eigenvalue weighted by Gasteiger charge is 2.05. The number of amides is 1. The minimum absolute atomic E-state index is 0.317. The first-order chi connectivity index (χ1) is 11.6. The monoisotopic (exact) mass is 431 g/mol. The molecular formula is C18H14IN3O2. The van der Waals surface area contributed by atoms with E-state index in [1.54, 1.807) is 18.2 Å². The van der Waals surface area contributed by atoms with E-state index in [1.807, 2.05) is 37.3 Å². The zero-order chi connectivity index (χ0) is 16.9. The fourth-order valence-electron chi connectivity index (χ4n) is 2.01. The molecule has 5 nitrogen and oxygen atoms in total. The van der Waals surface area contributed by atoms with Crippen molar-refractivity contribution in [1.29, 1.82) is 0 Å². The summed E-state index contributed by atoms with van der Waals surface area (Å²) >= 11 is 2.26. The summed E-state index contributed by atoms with van der Waals surface area (Å²) in [6, 6.07) is 15.2. The van der Waals surface area contributed by atoms with Crippen LogP contribution in [0.1, 0.15) is 21.8 Å².